The van der Waals surface area contributed by atoms with Crippen LogP contribution in [-0.2, 0) is 0 Å². The minimum Gasteiger partial charge on any atom is -0.362 e. The van der Waals surface area contributed by atoms with Gasteiger partial charge in [0.05, 0.1) is 0 Å². The summed E-state index contributed by atoms with van der Waals surface area (Å²) in [4.78, 5) is 0. The van der Waals surface area contributed by atoms with Gasteiger partial charge in [-0.25, -0.2) is 0 Å². The Morgan fingerprint density at radius 2 is 1.86 bits per heavy atom. The van der Waals surface area contributed by atoms with E-state index in [-0.39, 0.29) is 0 Å². The summed E-state index contributed by atoms with van der Waals surface area (Å²) >= 11 is 5.40. The normalized spacial score (nSPS) is 19.8. The molecule has 0 radical (unpaired) electrons. The Morgan fingerprint density at radius 1 is 1.05 bits per heavy atom. The van der Waals surface area contributed by atoms with Crippen molar-refractivity contribution in [1.82, 2.24) is 5.32 Å². The van der Waals surface area contributed by atoms with Crippen LogP contribution in [-0.4, -0.2) is 11.7 Å². The molecule has 2 aliphatic carbocycles. The highest BCUT2D eigenvalue weighted by Gasteiger charge is 2.17. The van der Waals surface area contributed by atoms with Gasteiger partial charge in [-0.3, -0.25) is 0 Å². The smallest absolute Gasteiger partial charge is 0.170 e. The van der Waals surface area contributed by atoms with Crippen molar-refractivity contribution in [3.8, 4) is 0 Å². The van der Waals surface area contributed by atoms with Crippen LogP contribution in [0.4, 0.5) is 5.69 Å². The Hall–Kier alpha value is -1.09. The SMILES string of the molecule is S=C(NCC1CCC1)Nc1cccc(C2CCCCC2)c1. The molecule has 2 nitrogen and oxygen atoms in total. The summed E-state index contributed by atoms with van der Waals surface area (Å²) in [5.41, 5.74) is 2.60. The minimum atomic E-state index is 0.747. The van der Waals surface area contributed by atoms with E-state index in [1.807, 2.05) is 0 Å². The molecule has 1 aromatic carbocycles. The molecule has 0 atom stereocenters. The van der Waals surface area contributed by atoms with Crippen LogP contribution in [0.3, 0.4) is 0 Å². The van der Waals surface area contributed by atoms with Gasteiger partial charge in [0.25, 0.3) is 0 Å². The molecule has 0 amide bonds. The van der Waals surface area contributed by atoms with Gasteiger partial charge >= 0.3 is 0 Å². The van der Waals surface area contributed by atoms with E-state index in [0.29, 0.717) is 0 Å². The highest BCUT2D eigenvalue weighted by molar-refractivity contribution is 7.80. The van der Waals surface area contributed by atoms with E-state index in [2.05, 4.69) is 34.9 Å². The fourth-order valence-corrected chi connectivity index (χ4v) is 3.62. The Balaban J connectivity index is 1.53. The van der Waals surface area contributed by atoms with Gasteiger partial charge in [0.15, 0.2) is 5.11 Å². The molecule has 0 aliphatic heterocycles. The zero-order valence-electron chi connectivity index (χ0n) is 12.7. The average Bonchev–Trinajstić information content (AvgIpc) is 2.47. The Kier molecular flexibility index (Phi) is 5.13. The lowest BCUT2D eigenvalue weighted by Gasteiger charge is -2.26. The van der Waals surface area contributed by atoms with Crippen molar-refractivity contribution in [2.75, 3.05) is 11.9 Å². The van der Waals surface area contributed by atoms with Crippen molar-refractivity contribution in [3.05, 3.63) is 29.8 Å². The van der Waals surface area contributed by atoms with Crippen LogP contribution in [0.25, 0.3) is 0 Å². The molecule has 2 N–H and O–H groups in total. The largest absolute Gasteiger partial charge is 0.362 e. The molecule has 1 aromatic rings. The van der Waals surface area contributed by atoms with Gasteiger partial charge in [0.2, 0.25) is 0 Å². The fourth-order valence-electron chi connectivity index (χ4n) is 3.42. The molecule has 0 heterocycles. The lowest BCUT2D eigenvalue weighted by molar-refractivity contribution is 0.316. The molecule has 0 spiro atoms. The van der Waals surface area contributed by atoms with Gasteiger partial charge in [-0.2, -0.15) is 0 Å². The first-order valence-electron chi connectivity index (χ1n) is 8.46. The van der Waals surface area contributed by atoms with Crippen molar-refractivity contribution >= 4 is 23.0 Å². The molecule has 2 aliphatic rings. The zero-order valence-corrected chi connectivity index (χ0v) is 13.6. The standard InChI is InChI=1S/C18H26N2S/c21-18(19-13-14-6-4-7-14)20-17-11-5-10-16(12-17)15-8-2-1-3-9-15/h5,10-12,14-15H,1-4,6-9,13H2,(H2,19,20,21). The molecular formula is C18H26N2S. The molecule has 0 bridgehead atoms. The molecule has 3 heteroatoms. The average molecular weight is 302 g/mol. The van der Waals surface area contributed by atoms with Crippen LogP contribution in [0.2, 0.25) is 0 Å². The van der Waals surface area contributed by atoms with Crippen molar-refractivity contribution in [2.24, 2.45) is 5.92 Å². The predicted molar refractivity (Wildman–Crippen MR) is 93.8 cm³/mol. The second kappa shape index (κ2) is 7.26. The second-order valence-electron chi connectivity index (χ2n) is 6.59. The van der Waals surface area contributed by atoms with Gasteiger partial charge < -0.3 is 10.6 Å². The predicted octanol–water partition coefficient (Wildman–Crippen LogP) is 4.82. The van der Waals surface area contributed by atoms with Crippen molar-refractivity contribution < 1.29 is 0 Å². The van der Waals surface area contributed by atoms with E-state index in [9.17, 15) is 0 Å². The van der Waals surface area contributed by atoms with E-state index in [1.165, 1.54) is 56.9 Å². The van der Waals surface area contributed by atoms with Gasteiger partial charge in [-0.15, -0.1) is 0 Å². The monoisotopic (exact) mass is 302 g/mol. The number of rotatable bonds is 4. The summed E-state index contributed by atoms with van der Waals surface area (Å²) in [6.45, 7) is 1.02. The lowest BCUT2D eigenvalue weighted by atomic mass is 9.84. The van der Waals surface area contributed by atoms with E-state index in [0.717, 1.165) is 29.2 Å². The molecule has 2 saturated carbocycles. The summed E-state index contributed by atoms with van der Waals surface area (Å²) < 4.78 is 0. The van der Waals surface area contributed by atoms with Gasteiger partial charge in [0.1, 0.15) is 0 Å². The first-order valence-corrected chi connectivity index (χ1v) is 8.87. The summed E-state index contributed by atoms with van der Waals surface area (Å²) in [5, 5.41) is 7.46. The van der Waals surface area contributed by atoms with Gasteiger partial charge in [0, 0.05) is 12.2 Å². The van der Waals surface area contributed by atoms with Crippen LogP contribution >= 0.6 is 12.2 Å². The first kappa shape index (κ1) is 14.8. The number of hydrogen-bond acceptors (Lipinski definition) is 1. The molecule has 0 saturated heterocycles. The van der Waals surface area contributed by atoms with Crippen LogP contribution in [0, 0.1) is 5.92 Å². The first-order chi connectivity index (χ1) is 10.3. The number of nitrogens with one attached hydrogen (secondary N) is 2. The van der Waals surface area contributed by atoms with E-state index in [4.69, 9.17) is 12.2 Å². The van der Waals surface area contributed by atoms with E-state index in [1.54, 1.807) is 0 Å². The molecule has 114 valence electrons. The maximum absolute atomic E-state index is 5.40. The Bertz CT molecular complexity index is 476. The highest BCUT2D eigenvalue weighted by atomic mass is 32.1. The number of hydrogen-bond donors (Lipinski definition) is 2. The van der Waals surface area contributed by atoms with Gasteiger partial charge in [-0.1, -0.05) is 37.8 Å². The number of anilines is 1. The minimum absolute atomic E-state index is 0.747. The van der Waals surface area contributed by atoms with Crippen LogP contribution < -0.4 is 10.6 Å². The maximum atomic E-state index is 5.40. The summed E-state index contributed by atoms with van der Waals surface area (Å²) in [5.74, 6) is 1.58. The topological polar surface area (TPSA) is 24.1 Å². The third-order valence-electron chi connectivity index (χ3n) is 5.00. The van der Waals surface area contributed by atoms with Crippen LogP contribution in [0.1, 0.15) is 62.8 Å². The Morgan fingerprint density at radius 3 is 2.57 bits per heavy atom. The summed E-state index contributed by atoms with van der Waals surface area (Å²) in [6, 6.07) is 8.82. The molecule has 0 unspecified atom stereocenters. The summed E-state index contributed by atoms with van der Waals surface area (Å²) in [7, 11) is 0. The zero-order chi connectivity index (χ0) is 14.5. The summed E-state index contributed by atoms with van der Waals surface area (Å²) in [6.07, 6.45) is 10.9. The fraction of sp³-hybridized carbons (Fsp3) is 0.611. The third kappa shape index (κ3) is 4.19. The second-order valence-corrected chi connectivity index (χ2v) is 7.00. The quantitative estimate of drug-likeness (QED) is 0.780. The van der Waals surface area contributed by atoms with Crippen molar-refractivity contribution in [1.29, 1.82) is 0 Å². The van der Waals surface area contributed by atoms with Crippen molar-refractivity contribution in [3.63, 3.8) is 0 Å². The van der Waals surface area contributed by atoms with Gasteiger partial charge in [-0.05, 0) is 67.4 Å². The number of benzene rings is 1. The molecule has 0 aromatic heterocycles. The van der Waals surface area contributed by atoms with E-state index < -0.39 is 0 Å². The molecule has 2 fully saturated rings. The lowest BCUT2D eigenvalue weighted by Crippen LogP contribution is -2.35. The molecule has 3 rings (SSSR count). The van der Waals surface area contributed by atoms with E-state index >= 15 is 0 Å². The Labute approximate surface area is 133 Å². The van der Waals surface area contributed by atoms with Crippen molar-refractivity contribution in [2.45, 2.75) is 57.3 Å². The van der Waals surface area contributed by atoms with Crippen LogP contribution in [0.15, 0.2) is 24.3 Å². The van der Waals surface area contributed by atoms with Crippen LogP contribution in [0.5, 0.6) is 0 Å². The third-order valence-corrected chi connectivity index (χ3v) is 5.24. The number of thiocarbonyl (C=S) groups is 1. The molecular weight excluding hydrogens is 276 g/mol. The molecule has 21 heavy (non-hydrogen) atoms. The maximum Gasteiger partial charge on any atom is 0.170 e. The highest BCUT2D eigenvalue weighted by Crippen LogP contribution is 2.33.